The van der Waals surface area contributed by atoms with E-state index in [1.807, 2.05) is 0 Å². The topological polar surface area (TPSA) is 90.4 Å². The van der Waals surface area contributed by atoms with Crippen molar-refractivity contribution in [1.29, 1.82) is 5.26 Å². The minimum Gasteiger partial charge on any atom is -0.427 e. The first kappa shape index (κ1) is 16.6. The maximum atomic E-state index is 13.7. The third-order valence-corrected chi connectivity index (χ3v) is 2.49. The lowest BCUT2D eigenvalue weighted by molar-refractivity contribution is -0.120. The number of hydrogen-bond donors (Lipinski definition) is 2. The van der Waals surface area contributed by atoms with Crippen LogP contribution >= 0.6 is 0 Å². The Bertz CT molecular complexity index is 656. The number of alkyl halides is 2. The molecule has 0 fully saturated rings. The molecule has 0 aliphatic carbocycles. The van der Waals surface area contributed by atoms with Gasteiger partial charge in [0.1, 0.15) is 12.6 Å². The molecule has 9 heteroatoms. The molecule has 0 spiro atoms. The molecule has 0 bridgehead atoms. The molecule has 0 aliphatic heterocycles. The first-order chi connectivity index (χ1) is 9.69. The van der Waals surface area contributed by atoms with E-state index in [9.17, 15) is 23.2 Å². The first-order valence-electron chi connectivity index (χ1n) is 5.82. The molecule has 1 rings (SSSR count). The van der Waals surface area contributed by atoms with Crippen molar-refractivity contribution in [2.75, 3.05) is 13.6 Å². The lowest BCUT2D eigenvalue weighted by Gasteiger charge is -2.11. The number of aromatic nitrogens is 1. The monoisotopic (exact) mass is 302 g/mol. The molecule has 0 saturated heterocycles. The highest BCUT2D eigenvalue weighted by Gasteiger charge is 2.21. The van der Waals surface area contributed by atoms with E-state index >= 15 is 0 Å². The summed E-state index contributed by atoms with van der Waals surface area (Å²) in [5.74, 6) is -4.87. The van der Waals surface area contributed by atoms with Crippen LogP contribution in [0.1, 0.15) is 18.2 Å². The third kappa shape index (κ3) is 4.24. The van der Waals surface area contributed by atoms with E-state index in [-0.39, 0.29) is 16.0 Å². The van der Waals surface area contributed by atoms with Crippen molar-refractivity contribution >= 4 is 5.91 Å². The van der Waals surface area contributed by atoms with Crippen LogP contribution in [0, 0.1) is 17.1 Å². The van der Waals surface area contributed by atoms with Crippen LogP contribution in [-0.2, 0) is 11.2 Å². The van der Waals surface area contributed by atoms with Gasteiger partial charge in [-0.3, -0.25) is 9.79 Å². The normalized spacial score (nSPS) is 12.1. The van der Waals surface area contributed by atoms with Gasteiger partial charge in [-0.05, 0) is 6.07 Å². The van der Waals surface area contributed by atoms with Crippen LogP contribution in [0.4, 0.5) is 13.2 Å². The van der Waals surface area contributed by atoms with Gasteiger partial charge in [0, 0.05) is 14.0 Å². The number of rotatable bonds is 4. The molecular formula is C12H13F3N4O2. The fourth-order valence-electron chi connectivity index (χ4n) is 1.48. The first-order valence-corrected chi connectivity index (χ1v) is 5.82. The summed E-state index contributed by atoms with van der Waals surface area (Å²) in [5.41, 5.74) is -1.30. The zero-order valence-electron chi connectivity index (χ0n) is 11.3. The summed E-state index contributed by atoms with van der Waals surface area (Å²) in [5, 5.41) is 21.0. The van der Waals surface area contributed by atoms with Gasteiger partial charge < -0.3 is 10.5 Å². The zero-order chi connectivity index (χ0) is 16.2. The quantitative estimate of drug-likeness (QED) is 0.797. The molecule has 0 saturated carbocycles. The molecule has 1 amide bonds. The van der Waals surface area contributed by atoms with Gasteiger partial charge in [0.15, 0.2) is 11.3 Å². The number of likely N-dealkylation sites (N-methyl/N-ethyl adjacent to an activating group) is 1. The van der Waals surface area contributed by atoms with E-state index in [1.165, 1.54) is 7.05 Å². The van der Waals surface area contributed by atoms with Gasteiger partial charge in [-0.1, -0.05) is 0 Å². The summed E-state index contributed by atoms with van der Waals surface area (Å²) < 4.78 is 39.4. The van der Waals surface area contributed by atoms with Crippen LogP contribution in [0.5, 0.6) is 0 Å². The Balaban J connectivity index is 3.44. The predicted molar refractivity (Wildman–Crippen MR) is 65.1 cm³/mol. The Morgan fingerprint density at radius 2 is 2.24 bits per heavy atom. The van der Waals surface area contributed by atoms with Gasteiger partial charge in [0.25, 0.3) is 5.92 Å². The summed E-state index contributed by atoms with van der Waals surface area (Å²) in [6.07, 6.45) is -0.429. The summed E-state index contributed by atoms with van der Waals surface area (Å²) >= 11 is 0. The lowest BCUT2D eigenvalue weighted by atomic mass is 10.1. The van der Waals surface area contributed by atoms with Gasteiger partial charge in [-0.15, -0.1) is 0 Å². The molecule has 1 aromatic rings. The van der Waals surface area contributed by atoms with Crippen LogP contribution in [0.25, 0.3) is 0 Å². The molecule has 0 radical (unpaired) electrons. The molecule has 114 valence electrons. The average molecular weight is 302 g/mol. The summed E-state index contributed by atoms with van der Waals surface area (Å²) in [7, 11) is 1.34. The molecule has 1 heterocycles. The number of nitrogens with zero attached hydrogens (tertiary/aromatic N) is 3. The molecular weight excluding hydrogens is 289 g/mol. The second-order valence-corrected chi connectivity index (χ2v) is 4.34. The third-order valence-electron chi connectivity index (χ3n) is 2.49. The SMILES string of the molecule is CNC(=O)Cc1c(C#N)cc(F)c(=NCC(C)(F)F)n1O. The Kier molecular flexibility index (Phi) is 4.97. The number of pyridine rings is 1. The maximum absolute atomic E-state index is 13.7. The van der Waals surface area contributed by atoms with Crippen LogP contribution in [0.3, 0.4) is 0 Å². The van der Waals surface area contributed by atoms with Gasteiger partial charge in [0.2, 0.25) is 5.91 Å². The Labute approximate surface area is 118 Å². The second-order valence-electron chi connectivity index (χ2n) is 4.34. The Hall–Kier alpha value is -2.50. The zero-order valence-corrected chi connectivity index (χ0v) is 11.3. The predicted octanol–water partition coefficient (Wildman–Crippen LogP) is 0.581. The molecule has 0 unspecified atom stereocenters. The van der Waals surface area contributed by atoms with Gasteiger partial charge >= 0.3 is 0 Å². The fraction of sp³-hybridized carbons (Fsp3) is 0.417. The van der Waals surface area contributed by atoms with E-state index in [1.54, 1.807) is 6.07 Å². The molecule has 6 nitrogen and oxygen atoms in total. The van der Waals surface area contributed by atoms with Crippen LogP contribution in [-0.4, -0.2) is 35.4 Å². The minimum atomic E-state index is -3.19. The molecule has 0 aliphatic rings. The molecule has 0 atom stereocenters. The highest BCUT2D eigenvalue weighted by molar-refractivity contribution is 5.78. The highest BCUT2D eigenvalue weighted by Crippen LogP contribution is 2.11. The Morgan fingerprint density at radius 3 is 2.71 bits per heavy atom. The summed E-state index contributed by atoms with van der Waals surface area (Å²) in [6, 6.07) is 2.35. The Morgan fingerprint density at radius 1 is 1.62 bits per heavy atom. The summed E-state index contributed by atoms with van der Waals surface area (Å²) in [6.45, 7) is -0.457. The van der Waals surface area contributed by atoms with E-state index in [0.29, 0.717) is 6.92 Å². The number of carbonyl (C=O) groups excluding carboxylic acids is 1. The number of hydrogen-bond acceptors (Lipinski definition) is 4. The van der Waals surface area contributed by atoms with Crippen molar-refractivity contribution in [3.8, 4) is 6.07 Å². The number of amides is 1. The van der Waals surface area contributed by atoms with E-state index < -0.39 is 36.1 Å². The molecule has 1 aromatic heterocycles. The molecule has 21 heavy (non-hydrogen) atoms. The van der Waals surface area contributed by atoms with Gasteiger partial charge in [-0.2, -0.15) is 9.99 Å². The highest BCUT2D eigenvalue weighted by atomic mass is 19.3. The maximum Gasteiger partial charge on any atom is 0.264 e. The number of halogens is 3. The average Bonchev–Trinajstić information content (AvgIpc) is 2.39. The van der Waals surface area contributed by atoms with Crippen molar-refractivity contribution < 1.29 is 23.2 Å². The second kappa shape index (κ2) is 6.30. The van der Waals surface area contributed by atoms with Crippen LogP contribution < -0.4 is 10.8 Å². The van der Waals surface area contributed by atoms with Crippen molar-refractivity contribution in [3.63, 3.8) is 0 Å². The van der Waals surface area contributed by atoms with Gasteiger partial charge in [0.05, 0.1) is 17.7 Å². The summed E-state index contributed by atoms with van der Waals surface area (Å²) in [4.78, 5) is 14.6. The van der Waals surface area contributed by atoms with Crippen molar-refractivity contribution in [2.45, 2.75) is 19.3 Å². The smallest absolute Gasteiger partial charge is 0.264 e. The number of nitrogens with one attached hydrogen (secondary N) is 1. The van der Waals surface area contributed by atoms with Crippen molar-refractivity contribution in [2.24, 2.45) is 4.99 Å². The lowest BCUT2D eigenvalue weighted by Crippen LogP contribution is -2.32. The standard InChI is InChI=1S/C12H13F3N4O2/c1-12(14,15)6-18-11-8(13)3-7(5-16)9(19(11)21)4-10(20)17-2/h3,21H,4,6H2,1-2H3,(H,17,20). The molecule has 0 aromatic carbocycles. The molecule has 2 N–H and O–H groups in total. The van der Waals surface area contributed by atoms with Crippen LogP contribution in [0.15, 0.2) is 11.1 Å². The minimum absolute atomic E-state index is 0.148. The largest absolute Gasteiger partial charge is 0.427 e. The van der Waals surface area contributed by atoms with Crippen molar-refractivity contribution in [1.82, 2.24) is 10.0 Å². The van der Waals surface area contributed by atoms with Crippen LogP contribution in [0.2, 0.25) is 0 Å². The van der Waals surface area contributed by atoms with Gasteiger partial charge in [-0.25, -0.2) is 13.2 Å². The van der Waals surface area contributed by atoms with E-state index in [4.69, 9.17) is 5.26 Å². The van der Waals surface area contributed by atoms with E-state index in [0.717, 1.165) is 6.07 Å². The fourth-order valence-corrected chi connectivity index (χ4v) is 1.48. The van der Waals surface area contributed by atoms with E-state index in [2.05, 4.69) is 10.3 Å². The number of nitriles is 1. The number of carbonyl (C=O) groups is 1. The van der Waals surface area contributed by atoms with Crippen molar-refractivity contribution in [3.05, 3.63) is 28.6 Å².